The zero-order valence-electron chi connectivity index (χ0n) is 13.6. The summed E-state index contributed by atoms with van der Waals surface area (Å²) in [7, 11) is 0. The van der Waals surface area contributed by atoms with Crippen LogP contribution in [0.4, 0.5) is 0 Å². The van der Waals surface area contributed by atoms with Gasteiger partial charge in [-0.25, -0.2) is 0 Å². The number of nitrogens with zero attached hydrogens (tertiary/aromatic N) is 1. The summed E-state index contributed by atoms with van der Waals surface area (Å²) in [5, 5.41) is 2.78. The van der Waals surface area contributed by atoms with Crippen LogP contribution in [0.25, 0.3) is 10.8 Å². The van der Waals surface area contributed by atoms with Crippen LogP contribution in [0.2, 0.25) is 0 Å². The Hall–Kier alpha value is -1.34. The van der Waals surface area contributed by atoms with Gasteiger partial charge >= 0.3 is 0 Å². The lowest BCUT2D eigenvalue weighted by Crippen LogP contribution is -2.57. The number of hydrogen-bond acceptors (Lipinski definition) is 0. The molecule has 0 radical (unpaired) electrons. The highest BCUT2D eigenvalue weighted by Gasteiger charge is 2.67. The summed E-state index contributed by atoms with van der Waals surface area (Å²) in [6.07, 6.45) is 5.94. The molecule has 0 amide bonds. The predicted octanol–water partition coefficient (Wildman–Crippen LogP) is 4.75. The minimum atomic E-state index is 0.589. The molecule has 2 aliphatic heterocycles. The fraction of sp³-hybridized carbons (Fsp3) is 0.524. The van der Waals surface area contributed by atoms with Crippen molar-refractivity contribution in [3.05, 3.63) is 48.0 Å². The number of rotatable bonds is 2. The fourth-order valence-corrected chi connectivity index (χ4v) is 6.38. The van der Waals surface area contributed by atoms with Gasteiger partial charge in [-0.15, -0.1) is 0 Å². The number of fused-ring (bicyclic) bond motifs is 1. The number of quaternary nitrogens is 1. The zero-order chi connectivity index (χ0) is 14.8. The number of hydrogen-bond donors (Lipinski definition) is 0. The van der Waals surface area contributed by atoms with E-state index in [-0.39, 0.29) is 0 Å². The van der Waals surface area contributed by atoms with Crippen molar-refractivity contribution in [2.45, 2.75) is 44.7 Å². The first-order valence-electron chi connectivity index (χ1n) is 9.05. The van der Waals surface area contributed by atoms with E-state index in [9.17, 15) is 0 Å². The molecule has 4 atom stereocenters. The van der Waals surface area contributed by atoms with Crippen LogP contribution < -0.4 is 0 Å². The van der Waals surface area contributed by atoms with Crippen molar-refractivity contribution in [1.82, 2.24) is 0 Å². The summed E-state index contributed by atoms with van der Waals surface area (Å²) in [4.78, 5) is 0. The molecule has 1 aliphatic carbocycles. The minimum Gasteiger partial charge on any atom is -0.315 e. The van der Waals surface area contributed by atoms with Gasteiger partial charge < -0.3 is 4.48 Å². The van der Waals surface area contributed by atoms with Gasteiger partial charge in [-0.05, 0) is 36.6 Å². The molecule has 3 aliphatic rings. The van der Waals surface area contributed by atoms with Crippen molar-refractivity contribution in [3.8, 4) is 0 Å². The molecule has 2 unspecified atom stereocenters. The van der Waals surface area contributed by atoms with Crippen molar-refractivity contribution in [3.63, 3.8) is 0 Å². The Morgan fingerprint density at radius 3 is 2.32 bits per heavy atom. The van der Waals surface area contributed by atoms with Gasteiger partial charge in [0.2, 0.25) is 0 Å². The van der Waals surface area contributed by atoms with Gasteiger partial charge in [0, 0.05) is 30.2 Å². The second-order valence-electron chi connectivity index (χ2n) is 8.21. The van der Waals surface area contributed by atoms with Gasteiger partial charge in [0.15, 0.2) is 0 Å². The Kier molecular flexibility index (Phi) is 2.60. The lowest BCUT2D eigenvalue weighted by atomic mass is 9.84. The lowest BCUT2D eigenvalue weighted by molar-refractivity contribution is -0.965. The topological polar surface area (TPSA) is 0 Å². The quantitative estimate of drug-likeness (QED) is 0.701. The normalized spacial score (nSPS) is 39.5. The van der Waals surface area contributed by atoms with Crippen LogP contribution in [0.15, 0.2) is 42.5 Å². The molecule has 5 rings (SSSR count). The first kappa shape index (κ1) is 13.1. The maximum atomic E-state index is 2.64. The van der Waals surface area contributed by atoms with Crippen molar-refractivity contribution < 1.29 is 4.48 Å². The summed E-state index contributed by atoms with van der Waals surface area (Å²) in [5.41, 5.74) is 2.14. The Bertz CT molecular complexity index is 716. The second kappa shape index (κ2) is 4.35. The molecule has 3 fully saturated rings. The van der Waals surface area contributed by atoms with Gasteiger partial charge in [0.1, 0.15) is 12.1 Å². The van der Waals surface area contributed by atoms with E-state index in [1.165, 1.54) is 60.6 Å². The van der Waals surface area contributed by atoms with E-state index >= 15 is 0 Å². The standard InChI is InChI=1S/C21H26N/c1-21-19-8-9-20(21)11-13-22(21,12-10-19)15-16-6-7-17-4-2-3-5-18(17)14-16/h2-7,14,19-20H,8-13,15H2,1H3/q+1/t19-,20+,21?,22?. The summed E-state index contributed by atoms with van der Waals surface area (Å²) < 4.78 is 1.39. The third-order valence-corrected chi connectivity index (χ3v) is 7.65. The predicted molar refractivity (Wildman–Crippen MR) is 91.5 cm³/mol. The minimum absolute atomic E-state index is 0.589. The van der Waals surface area contributed by atoms with Crippen LogP contribution in [0, 0.1) is 11.8 Å². The summed E-state index contributed by atoms with van der Waals surface area (Å²) in [5.74, 6) is 2.00. The molecule has 22 heavy (non-hydrogen) atoms. The van der Waals surface area contributed by atoms with E-state index in [4.69, 9.17) is 0 Å². The van der Waals surface area contributed by atoms with Gasteiger partial charge in [0.25, 0.3) is 0 Å². The van der Waals surface area contributed by atoms with Crippen molar-refractivity contribution in [2.75, 3.05) is 13.1 Å². The fourth-order valence-electron chi connectivity index (χ4n) is 6.38. The van der Waals surface area contributed by atoms with Gasteiger partial charge in [0.05, 0.1) is 13.1 Å². The van der Waals surface area contributed by atoms with E-state index in [1.807, 2.05) is 0 Å². The monoisotopic (exact) mass is 292 g/mol. The van der Waals surface area contributed by atoms with Crippen LogP contribution >= 0.6 is 0 Å². The Labute approximate surface area is 133 Å². The molecule has 2 saturated heterocycles. The maximum Gasteiger partial charge on any atom is 0.105 e. The summed E-state index contributed by atoms with van der Waals surface area (Å²) >= 11 is 0. The molecule has 114 valence electrons. The van der Waals surface area contributed by atoms with Crippen LogP contribution in [0.3, 0.4) is 0 Å². The number of benzene rings is 2. The van der Waals surface area contributed by atoms with E-state index in [2.05, 4.69) is 49.4 Å². The molecule has 1 nitrogen and oxygen atoms in total. The molecule has 1 heteroatoms. The molecule has 2 aromatic carbocycles. The second-order valence-corrected chi connectivity index (χ2v) is 8.21. The van der Waals surface area contributed by atoms with Crippen LogP contribution in [0.5, 0.6) is 0 Å². The van der Waals surface area contributed by atoms with E-state index in [0.717, 1.165) is 11.8 Å². The zero-order valence-corrected chi connectivity index (χ0v) is 13.6. The first-order chi connectivity index (χ1) is 10.7. The van der Waals surface area contributed by atoms with E-state index in [1.54, 1.807) is 5.56 Å². The van der Waals surface area contributed by atoms with Crippen LogP contribution in [-0.4, -0.2) is 23.1 Å². The highest BCUT2D eigenvalue weighted by atomic mass is 15.5. The van der Waals surface area contributed by atoms with Crippen LogP contribution in [-0.2, 0) is 6.54 Å². The van der Waals surface area contributed by atoms with Crippen molar-refractivity contribution >= 4 is 10.8 Å². The Morgan fingerprint density at radius 2 is 1.59 bits per heavy atom. The largest absolute Gasteiger partial charge is 0.315 e. The molecular formula is C21H26N+. The third kappa shape index (κ3) is 1.53. The molecule has 0 aromatic heterocycles. The Morgan fingerprint density at radius 1 is 0.909 bits per heavy atom. The van der Waals surface area contributed by atoms with Crippen LogP contribution in [0.1, 0.15) is 38.2 Å². The molecular weight excluding hydrogens is 266 g/mol. The van der Waals surface area contributed by atoms with E-state index < -0.39 is 0 Å². The molecule has 1 saturated carbocycles. The van der Waals surface area contributed by atoms with Crippen molar-refractivity contribution in [2.24, 2.45) is 11.8 Å². The SMILES string of the molecule is CC12[C@@H]3CC[C@H]1CC[N+]2(Cc1ccc2ccccc2c1)CC3. The lowest BCUT2D eigenvalue weighted by Gasteiger charge is -2.44. The van der Waals surface area contributed by atoms with Crippen molar-refractivity contribution in [1.29, 1.82) is 0 Å². The highest BCUT2D eigenvalue weighted by molar-refractivity contribution is 5.82. The van der Waals surface area contributed by atoms with Gasteiger partial charge in [-0.2, -0.15) is 0 Å². The average molecular weight is 292 g/mol. The highest BCUT2D eigenvalue weighted by Crippen LogP contribution is 2.60. The van der Waals surface area contributed by atoms with E-state index in [0.29, 0.717) is 5.54 Å². The molecule has 2 aromatic rings. The smallest absolute Gasteiger partial charge is 0.105 e. The maximum absolute atomic E-state index is 2.64. The molecule has 0 N–H and O–H groups in total. The summed E-state index contributed by atoms with van der Waals surface area (Å²) in [6.45, 7) is 6.74. The molecule has 0 spiro atoms. The molecule has 0 bridgehead atoms. The third-order valence-electron chi connectivity index (χ3n) is 7.65. The van der Waals surface area contributed by atoms with Gasteiger partial charge in [-0.3, -0.25) is 0 Å². The summed E-state index contributed by atoms with van der Waals surface area (Å²) in [6, 6.07) is 15.9. The first-order valence-corrected chi connectivity index (χ1v) is 9.05. The Balaban J connectivity index is 1.54. The average Bonchev–Trinajstić information content (AvgIpc) is 3.12. The van der Waals surface area contributed by atoms with Gasteiger partial charge in [-0.1, -0.05) is 36.4 Å². The molecule has 2 heterocycles.